The lowest BCUT2D eigenvalue weighted by molar-refractivity contribution is -0.146. The van der Waals surface area contributed by atoms with E-state index in [-0.39, 0.29) is 18.3 Å². The number of para-hydroxylation sites is 1. The number of rotatable bonds is 6. The molecule has 2 atom stereocenters. The van der Waals surface area contributed by atoms with Gasteiger partial charge in [0.2, 0.25) is 0 Å². The predicted octanol–water partition coefficient (Wildman–Crippen LogP) is 4.89. The molecule has 8 nitrogen and oxygen atoms in total. The molecule has 39 heavy (non-hydrogen) atoms. The molecule has 1 aliphatic rings. The van der Waals surface area contributed by atoms with E-state index < -0.39 is 11.8 Å². The van der Waals surface area contributed by atoms with E-state index in [9.17, 15) is 9.59 Å². The molecule has 3 heterocycles. The van der Waals surface area contributed by atoms with Gasteiger partial charge in [0.1, 0.15) is 17.6 Å². The molecule has 0 N–H and O–H groups in total. The molecule has 1 aliphatic heterocycles. The lowest BCUT2D eigenvalue weighted by Gasteiger charge is -2.32. The van der Waals surface area contributed by atoms with E-state index in [1.807, 2.05) is 97.9 Å². The number of hydrogen-bond donors (Lipinski definition) is 0. The largest absolute Gasteiger partial charge is 0.465 e. The van der Waals surface area contributed by atoms with E-state index in [1.54, 1.807) is 15.9 Å². The van der Waals surface area contributed by atoms with Gasteiger partial charge in [0, 0.05) is 23.6 Å². The van der Waals surface area contributed by atoms with Crippen LogP contribution in [0.1, 0.15) is 42.3 Å². The van der Waals surface area contributed by atoms with Crippen molar-refractivity contribution < 1.29 is 9.53 Å². The molecule has 194 valence electrons. The summed E-state index contributed by atoms with van der Waals surface area (Å²) < 4.78 is 8.68. The molecular weight excluding hydrogens is 490 g/mol. The van der Waals surface area contributed by atoms with Crippen molar-refractivity contribution in [2.75, 3.05) is 6.61 Å². The fraction of sp³-hybridized carbons (Fsp3) is 0.194. The standard InChI is InChI=1S/C31H27N5O3/c1-3-39-30(37)25-20(2)32-28-27(26(25)22-15-9-5-10-16-22)29-34-33-24(19-21-13-7-4-8-14-21)36(29)31(38)35(28)23-17-11-6-12-18-23/h4-18,25-26H,3,19H2,1-2H3. The van der Waals surface area contributed by atoms with Gasteiger partial charge >= 0.3 is 11.7 Å². The highest BCUT2D eigenvalue weighted by atomic mass is 16.5. The molecular formula is C31H27N5O3. The van der Waals surface area contributed by atoms with E-state index >= 15 is 0 Å². The first-order valence-electron chi connectivity index (χ1n) is 13.0. The van der Waals surface area contributed by atoms with Crippen LogP contribution in [0.15, 0.2) is 101 Å². The number of ether oxygens (including phenoxy) is 1. The van der Waals surface area contributed by atoms with Crippen molar-refractivity contribution in [3.8, 4) is 5.69 Å². The Bertz CT molecular complexity index is 1740. The number of nitrogens with zero attached hydrogens (tertiary/aromatic N) is 5. The van der Waals surface area contributed by atoms with Crippen molar-refractivity contribution in [1.82, 2.24) is 19.2 Å². The van der Waals surface area contributed by atoms with Crippen LogP contribution in [0.2, 0.25) is 0 Å². The fourth-order valence-corrected chi connectivity index (χ4v) is 5.40. The van der Waals surface area contributed by atoms with Crippen molar-refractivity contribution in [2.45, 2.75) is 26.2 Å². The number of aromatic nitrogens is 4. The van der Waals surface area contributed by atoms with Crippen molar-refractivity contribution >= 4 is 23.1 Å². The van der Waals surface area contributed by atoms with Crippen LogP contribution < -0.4 is 5.69 Å². The Balaban J connectivity index is 1.71. The zero-order valence-corrected chi connectivity index (χ0v) is 21.7. The number of aliphatic imine (C=N–C) groups is 1. The van der Waals surface area contributed by atoms with Crippen LogP contribution in [0.3, 0.4) is 0 Å². The SMILES string of the molecule is CCOC(=O)C1C(C)=Nc2c(c3nnc(Cc4ccccc4)n3c(=O)n2-c2ccccc2)C1c1ccccc1. The van der Waals surface area contributed by atoms with Gasteiger partial charge in [-0.1, -0.05) is 78.9 Å². The normalized spacial score (nSPS) is 16.5. The summed E-state index contributed by atoms with van der Waals surface area (Å²) in [5.74, 6) is -0.564. The van der Waals surface area contributed by atoms with Gasteiger partial charge in [0.05, 0.1) is 12.3 Å². The smallest absolute Gasteiger partial charge is 0.341 e. The number of benzene rings is 3. The van der Waals surface area contributed by atoms with E-state index in [0.29, 0.717) is 40.7 Å². The molecule has 6 rings (SSSR count). The minimum absolute atomic E-state index is 0.252. The summed E-state index contributed by atoms with van der Waals surface area (Å²) >= 11 is 0. The number of fused-ring (bicyclic) bond motifs is 3. The molecule has 3 aromatic carbocycles. The van der Waals surface area contributed by atoms with Crippen LogP contribution in [0.25, 0.3) is 11.3 Å². The molecule has 0 spiro atoms. The molecule has 2 unspecified atom stereocenters. The first kappa shape index (κ1) is 24.5. The number of esters is 1. The van der Waals surface area contributed by atoms with Crippen LogP contribution in [-0.2, 0) is 16.0 Å². The molecule has 0 saturated carbocycles. The van der Waals surface area contributed by atoms with Gasteiger partial charge in [-0.05, 0) is 37.1 Å². The minimum Gasteiger partial charge on any atom is -0.465 e. The summed E-state index contributed by atoms with van der Waals surface area (Å²) in [5.41, 5.74) is 3.90. The first-order valence-corrected chi connectivity index (χ1v) is 13.0. The zero-order valence-electron chi connectivity index (χ0n) is 21.7. The van der Waals surface area contributed by atoms with E-state index in [0.717, 1.165) is 11.1 Å². The maximum Gasteiger partial charge on any atom is 0.341 e. The van der Waals surface area contributed by atoms with Gasteiger partial charge in [-0.3, -0.25) is 4.79 Å². The molecule has 0 aliphatic carbocycles. The van der Waals surface area contributed by atoms with Crippen molar-refractivity contribution in [2.24, 2.45) is 10.9 Å². The highest BCUT2D eigenvalue weighted by Gasteiger charge is 2.42. The molecule has 8 heteroatoms. The van der Waals surface area contributed by atoms with Crippen LogP contribution in [0, 0.1) is 5.92 Å². The molecule has 0 amide bonds. The summed E-state index contributed by atoms with van der Waals surface area (Å²) in [6.07, 6.45) is 0.421. The molecule has 0 saturated heterocycles. The van der Waals surface area contributed by atoms with Gasteiger partial charge < -0.3 is 4.74 Å². The quantitative estimate of drug-likeness (QED) is 0.299. The van der Waals surface area contributed by atoms with Crippen molar-refractivity contribution in [3.63, 3.8) is 0 Å². The van der Waals surface area contributed by atoms with Gasteiger partial charge in [-0.2, -0.15) is 0 Å². The maximum absolute atomic E-state index is 14.2. The summed E-state index contributed by atoms with van der Waals surface area (Å²) in [4.78, 5) is 32.5. The van der Waals surface area contributed by atoms with Gasteiger partial charge in [0.15, 0.2) is 5.65 Å². The van der Waals surface area contributed by atoms with Crippen molar-refractivity contribution in [1.29, 1.82) is 0 Å². The van der Waals surface area contributed by atoms with E-state index in [1.165, 1.54) is 0 Å². The van der Waals surface area contributed by atoms with Crippen LogP contribution in [0.5, 0.6) is 0 Å². The Morgan fingerprint density at radius 3 is 2.21 bits per heavy atom. The van der Waals surface area contributed by atoms with E-state index in [2.05, 4.69) is 10.2 Å². The topological polar surface area (TPSA) is 90.8 Å². The summed E-state index contributed by atoms with van der Waals surface area (Å²) in [7, 11) is 0. The lowest BCUT2D eigenvalue weighted by atomic mass is 9.77. The third-order valence-corrected chi connectivity index (χ3v) is 7.10. The zero-order chi connectivity index (χ0) is 26.9. The Morgan fingerprint density at radius 2 is 1.54 bits per heavy atom. The maximum atomic E-state index is 14.2. The second kappa shape index (κ2) is 10.1. The molecule has 0 bridgehead atoms. The highest BCUT2D eigenvalue weighted by molar-refractivity contribution is 6.05. The summed E-state index contributed by atoms with van der Waals surface area (Å²) in [6, 6.07) is 29.0. The monoisotopic (exact) mass is 517 g/mol. The molecule has 5 aromatic rings. The van der Waals surface area contributed by atoms with Gasteiger partial charge in [0.25, 0.3) is 0 Å². The number of carbonyl (C=O) groups is 1. The third kappa shape index (κ3) is 4.24. The molecule has 0 fully saturated rings. The highest BCUT2D eigenvalue weighted by Crippen LogP contribution is 2.44. The fourth-order valence-electron chi connectivity index (χ4n) is 5.40. The van der Waals surface area contributed by atoms with Crippen molar-refractivity contribution in [3.05, 3.63) is 124 Å². The predicted molar refractivity (Wildman–Crippen MR) is 149 cm³/mol. The second-order valence-corrected chi connectivity index (χ2v) is 9.50. The number of carbonyl (C=O) groups excluding carboxylic acids is 1. The van der Waals surface area contributed by atoms with Crippen LogP contribution in [0.4, 0.5) is 5.82 Å². The summed E-state index contributed by atoms with van der Waals surface area (Å²) in [6.45, 7) is 3.86. The van der Waals surface area contributed by atoms with Gasteiger partial charge in [-0.25, -0.2) is 18.8 Å². The minimum atomic E-state index is -0.681. The Labute approximate surface area is 225 Å². The number of hydrogen-bond acceptors (Lipinski definition) is 6. The van der Waals surface area contributed by atoms with E-state index in [4.69, 9.17) is 9.73 Å². The molecule has 2 aromatic heterocycles. The van der Waals surface area contributed by atoms with Crippen LogP contribution in [-0.4, -0.2) is 37.5 Å². The Kier molecular flexibility index (Phi) is 6.36. The summed E-state index contributed by atoms with van der Waals surface area (Å²) in [5, 5.41) is 9.03. The van der Waals surface area contributed by atoms with Crippen LogP contribution >= 0.6 is 0 Å². The Morgan fingerprint density at radius 1 is 0.897 bits per heavy atom. The molecule has 0 radical (unpaired) electrons. The second-order valence-electron chi connectivity index (χ2n) is 9.50. The third-order valence-electron chi connectivity index (χ3n) is 7.10. The van der Waals surface area contributed by atoms with Gasteiger partial charge in [-0.15, -0.1) is 10.2 Å². The average molecular weight is 518 g/mol. The lowest BCUT2D eigenvalue weighted by Crippen LogP contribution is -2.37. The average Bonchev–Trinajstić information content (AvgIpc) is 3.38. The Hall–Kier alpha value is -4.85. The first-order chi connectivity index (χ1) is 19.1.